The Kier molecular flexibility index (Phi) is 7.12. The molecule has 1 N–H and O–H groups in total. The van der Waals surface area contributed by atoms with E-state index in [4.69, 9.17) is 4.98 Å². The zero-order valence-corrected chi connectivity index (χ0v) is 16.9. The summed E-state index contributed by atoms with van der Waals surface area (Å²) in [4.78, 5) is 21.5. The first kappa shape index (κ1) is 20.4. The van der Waals surface area contributed by atoms with Gasteiger partial charge in [0.1, 0.15) is 5.82 Å². The van der Waals surface area contributed by atoms with Gasteiger partial charge < -0.3 is 5.32 Å². The van der Waals surface area contributed by atoms with Crippen molar-refractivity contribution in [2.45, 2.75) is 65.2 Å². The number of benzene rings is 1. The number of rotatable bonds is 7. The lowest BCUT2D eigenvalue weighted by Crippen LogP contribution is -2.17. The summed E-state index contributed by atoms with van der Waals surface area (Å²) in [5.41, 5.74) is 2.36. The van der Waals surface area contributed by atoms with E-state index >= 15 is 0 Å². The number of hydrogen-bond acceptors (Lipinski definition) is 3. The van der Waals surface area contributed by atoms with E-state index in [1.807, 2.05) is 13.8 Å². The normalized spacial score (nSPS) is 15.0. The maximum absolute atomic E-state index is 13.2. The molecule has 3 rings (SSSR count). The van der Waals surface area contributed by atoms with Crippen molar-refractivity contribution < 1.29 is 9.18 Å². The van der Waals surface area contributed by atoms with Crippen LogP contribution in [0.25, 0.3) is 11.3 Å². The molecule has 1 aliphatic carbocycles. The van der Waals surface area contributed by atoms with Crippen molar-refractivity contribution in [3.63, 3.8) is 0 Å². The zero-order chi connectivity index (χ0) is 19.9. The second-order valence-corrected chi connectivity index (χ2v) is 8.25. The molecule has 1 aromatic carbocycles. The molecular formula is C23H30FN3O. The van der Waals surface area contributed by atoms with Crippen molar-refractivity contribution >= 4 is 11.7 Å². The number of nitrogens with one attached hydrogen (secondary N) is 1. The minimum absolute atomic E-state index is 0.0299. The molecule has 1 fully saturated rings. The molecule has 4 nitrogen and oxygen atoms in total. The van der Waals surface area contributed by atoms with Crippen molar-refractivity contribution in [1.29, 1.82) is 0 Å². The highest BCUT2D eigenvalue weighted by Crippen LogP contribution is 2.29. The van der Waals surface area contributed by atoms with Crippen LogP contribution in [0.4, 0.5) is 10.2 Å². The van der Waals surface area contributed by atoms with Crippen LogP contribution in [-0.4, -0.2) is 15.9 Å². The fourth-order valence-electron chi connectivity index (χ4n) is 3.84. The van der Waals surface area contributed by atoms with E-state index in [9.17, 15) is 9.18 Å². The van der Waals surface area contributed by atoms with Crippen molar-refractivity contribution in [2.24, 2.45) is 11.8 Å². The van der Waals surface area contributed by atoms with Crippen LogP contribution in [-0.2, 0) is 11.2 Å². The van der Waals surface area contributed by atoms with Gasteiger partial charge in [-0.05, 0) is 48.9 Å². The Labute approximate surface area is 167 Å². The third-order valence-corrected chi connectivity index (χ3v) is 5.35. The maximum Gasteiger partial charge on any atom is 0.225 e. The summed E-state index contributed by atoms with van der Waals surface area (Å²) in [5.74, 6) is 1.28. The molecule has 1 aliphatic rings. The highest BCUT2D eigenvalue weighted by atomic mass is 19.1. The smallest absolute Gasteiger partial charge is 0.225 e. The third kappa shape index (κ3) is 5.85. The van der Waals surface area contributed by atoms with E-state index in [0.29, 0.717) is 17.9 Å². The molecule has 0 bridgehead atoms. The Hall–Kier alpha value is -2.30. The topological polar surface area (TPSA) is 54.9 Å². The molecule has 1 heterocycles. The largest absolute Gasteiger partial charge is 0.309 e. The van der Waals surface area contributed by atoms with Crippen LogP contribution in [0.2, 0.25) is 0 Å². The van der Waals surface area contributed by atoms with Gasteiger partial charge in [0.15, 0.2) is 5.82 Å². The van der Waals surface area contributed by atoms with Crippen molar-refractivity contribution in [2.75, 3.05) is 5.32 Å². The lowest BCUT2D eigenvalue weighted by molar-refractivity contribution is -0.116. The number of aryl methyl sites for hydroxylation is 1. The SMILES string of the molecule is CC(C)CC(=O)Nc1ncc(-c2ccc(F)cc2)nc1CCC1CCCCC1. The monoisotopic (exact) mass is 383 g/mol. The molecule has 1 amide bonds. The van der Waals surface area contributed by atoms with E-state index < -0.39 is 0 Å². The highest BCUT2D eigenvalue weighted by molar-refractivity contribution is 5.90. The van der Waals surface area contributed by atoms with Gasteiger partial charge in [-0.25, -0.2) is 14.4 Å². The number of hydrogen-bond donors (Lipinski definition) is 1. The van der Waals surface area contributed by atoms with Crippen LogP contribution < -0.4 is 5.32 Å². The first-order valence-electron chi connectivity index (χ1n) is 10.4. The predicted octanol–water partition coefficient (Wildman–Crippen LogP) is 5.78. The molecule has 2 aromatic rings. The fraction of sp³-hybridized carbons (Fsp3) is 0.522. The van der Waals surface area contributed by atoms with Gasteiger partial charge in [0, 0.05) is 12.0 Å². The molecule has 5 heteroatoms. The molecular weight excluding hydrogens is 353 g/mol. The second kappa shape index (κ2) is 9.76. The molecule has 1 saturated carbocycles. The number of aromatic nitrogens is 2. The van der Waals surface area contributed by atoms with E-state index in [0.717, 1.165) is 30.0 Å². The van der Waals surface area contributed by atoms with Crippen molar-refractivity contribution in [1.82, 2.24) is 9.97 Å². The predicted molar refractivity (Wildman–Crippen MR) is 110 cm³/mol. The summed E-state index contributed by atoms with van der Waals surface area (Å²) in [5, 5.41) is 2.94. The van der Waals surface area contributed by atoms with E-state index in [2.05, 4.69) is 10.3 Å². The van der Waals surface area contributed by atoms with Crippen LogP contribution in [0.5, 0.6) is 0 Å². The Balaban J connectivity index is 1.80. The Morgan fingerprint density at radius 1 is 1.18 bits per heavy atom. The molecule has 0 radical (unpaired) electrons. The number of amides is 1. The Bertz CT molecular complexity index is 783. The van der Waals surface area contributed by atoms with Crippen LogP contribution in [0.1, 0.15) is 64.5 Å². The van der Waals surface area contributed by atoms with Crippen molar-refractivity contribution in [3.8, 4) is 11.3 Å². The van der Waals surface area contributed by atoms with Gasteiger partial charge in [-0.15, -0.1) is 0 Å². The van der Waals surface area contributed by atoms with E-state index in [1.54, 1.807) is 18.3 Å². The standard InChI is InChI=1S/C23H30FN3O/c1-16(2)14-22(28)27-23-20(13-8-17-6-4-3-5-7-17)26-21(15-25-23)18-9-11-19(24)12-10-18/h9-12,15-17H,3-8,13-14H2,1-2H3,(H,25,27,28). The minimum atomic E-state index is -0.271. The van der Waals surface area contributed by atoms with Gasteiger partial charge in [0.25, 0.3) is 0 Å². The molecule has 150 valence electrons. The van der Waals surface area contributed by atoms with Gasteiger partial charge in [0.2, 0.25) is 5.91 Å². The summed E-state index contributed by atoms with van der Waals surface area (Å²) < 4.78 is 13.2. The second-order valence-electron chi connectivity index (χ2n) is 8.25. The van der Waals surface area contributed by atoms with Crippen LogP contribution in [0.3, 0.4) is 0 Å². The lowest BCUT2D eigenvalue weighted by Gasteiger charge is -2.21. The van der Waals surface area contributed by atoms with Gasteiger partial charge in [-0.3, -0.25) is 4.79 Å². The first-order valence-corrected chi connectivity index (χ1v) is 10.4. The fourth-order valence-corrected chi connectivity index (χ4v) is 3.84. The zero-order valence-electron chi connectivity index (χ0n) is 16.9. The maximum atomic E-state index is 13.2. The van der Waals surface area contributed by atoms with Gasteiger partial charge >= 0.3 is 0 Å². The summed E-state index contributed by atoms with van der Waals surface area (Å²) in [6, 6.07) is 6.27. The molecule has 0 aliphatic heterocycles. The van der Waals surface area contributed by atoms with Crippen molar-refractivity contribution in [3.05, 3.63) is 42.0 Å². The lowest BCUT2D eigenvalue weighted by atomic mass is 9.86. The van der Waals surface area contributed by atoms with Gasteiger partial charge in [-0.1, -0.05) is 46.0 Å². The quantitative estimate of drug-likeness (QED) is 0.659. The summed E-state index contributed by atoms with van der Waals surface area (Å²) in [6.45, 7) is 4.04. The van der Waals surface area contributed by atoms with E-state index in [-0.39, 0.29) is 17.6 Å². The van der Waals surface area contributed by atoms with Crippen LogP contribution >= 0.6 is 0 Å². The molecule has 0 spiro atoms. The highest BCUT2D eigenvalue weighted by Gasteiger charge is 2.17. The number of carbonyl (C=O) groups excluding carboxylic acids is 1. The van der Waals surface area contributed by atoms with Crippen LogP contribution in [0, 0.1) is 17.7 Å². The number of halogens is 1. The Morgan fingerprint density at radius 2 is 1.89 bits per heavy atom. The Morgan fingerprint density at radius 3 is 2.57 bits per heavy atom. The number of nitrogens with zero attached hydrogens (tertiary/aromatic N) is 2. The third-order valence-electron chi connectivity index (χ3n) is 5.35. The summed E-state index contributed by atoms with van der Waals surface area (Å²) in [7, 11) is 0. The first-order chi connectivity index (χ1) is 13.5. The minimum Gasteiger partial charge on any atom is -0.309 e. The van der Waals surface area contributed by atoms with Gasteiger partial charge in [0.05, 0.1) is 17.6 Å². The number of anilines is 1. The van der Waals surface area contributed by atoms with Crippen LogP contribution in [0.15, 0.2) is 30.5 Å². The molecule has 28 heavy (non-hydrogen) atoms. The van der Waals surface area contributed by atoms with E-state index in [1.165, 1.54) is 44.2 Å². The summed E-state index contributed by atoms with van der Waals surface area (Å²) in [6.07, 6.45) is 10.5. The average molecular weight is 384 g/mol. The molecule has 0 unspecified atom stereocenters. The molecule has 0 atom stereocenters. The average Bonchev–Trinajstić information content (AvgIpc) is 2.68. The molecule has 0 saturated heterocycles. The molecule has 1 aromatic heterocycles. The summed E-state index contributed by atoms with van der Waals surface area (Å²) >= 11 is 0. The van der Waals surface area contributed by atoms with Gasteiger partial charge in [-0.2, -0.15) is 0 Å². The number of carbonyl (C=O) groups is 1.